The normalized spacial score (nSPS) is 22.6. The second-order valence-electron chi connectivity index (χ2n) is 9.44. The molecular weight excluding hydrogens is 456 g/mol. The second kappa shape index (κ2) is 8.50. The van der Waals surface area contributed by atoms with E-state index in [2.05, 4.69) is 4.72 Å². The standard InChI is InChI=1S/C23H29F2NO4S2/c1-16-5-8-19(9-6-16)31(27,28)23(20-15-17(24)7-10-21(20)25)13-11-18(12-14-23)26-32(29,30)22(2,3)4/h5-10,15,18,26H,11-14H2,1-4H3. The van der Waals surface area contributed by atoms with Gasteiger partial charge in [0.05, 0.1) is 9.64 Å². The maximum atomic E-state index is 14.9. The van der Waals surface area contributed by atoms with Gasteiger partial charge >= 0.3 is 0 Å². The molecule has 0 saturated heterocycles. The van der Waals surface area contributed by atoms with E-state index in [0.717, 1.165) is 23.8 Å². The third-order valence-electron chi connectivity index (χ3n) is 6.19. The van der Waals surface area contributed by atoms with Crippen LogP contribution in [0.1, 0.15) is 57.6 Å². The van der Waals surface area contributed by atoms with Crippen LogP contribution in [0.5, 0.6) is 0 Å². The number of benzene rings is 2. The molecule has 0 radical (unpaired) electrons. The van der Waals surface area contributed by atoms with Crippen molar-refractivity contribution in [1.29, 1.82) is 0 Å². The van der Waals surface area contributed by atoms with Gasteiger partial charge in [0, 0.05) is 11.6 Å². The number of sulfonamides is 1. The molecule has 0 atom stereocenters. The zero-order valence-corrected chi connectivity index (χ0v) is 20.3. The molecule has 0 amide bonds. The molecule has 1 aliphatic rings. The Balaban J connectivity index is 2.05. The minimum absolute atomic E-state index is 0.0282. The van der Waals surface area contributed by atoms with Gasteiger partial charge in [-0.2, -0.15) is 0 Å². The van der Waals surface area contributed by atoms with Crippen LogP contribution in [0.3, 0.4) is 0 Å². The van der Waals surface area contributed by atoms with Crippen LogP contribution >= 0.6 is 0 Å². The summed E-state index contributed by atoms with van der Waals surface area (Å²) in [4.78, 5) is 0.0282. The lowest BCUT2D eigenvalue weighted by molar-refractivity contribution is 0.322. The topological polar surface area (TPSA) is 80.3 Å². The number of halogens is 2. The van der Waals surface area contributed by atoms with E-state index in [-0.39, 0.29) is 36.1 Å². The molecule has 0 spiro atoms. The summed E-state index contributed by atoms with van der Waals surface area (Å²) in [5.74, 6) is -1.52. The van der Waals surface area contributed by atoms with Crippen molar-refractivity contribution in [2.75, 3.05) is 0 Å². The molecule has 9 heteroatoms. The van der Waals surface area contributed by atoms with E-state index in [9.17, 15) is 25.6 Å². The Morgan fingerprint density at radius 2 is 1.50 bits per heavy atom. The Bertz CT molecular complexity index is 1190. The van der Waals surface area contributed by atoms with E-state index in [0.29, 0.717) is 0 Å². The number of nitrogens with one attached hydrogen (secondary N) is 1. The summed E-state index contributed by atoms with van der Waals surface area (Å²) in [7, 11) is -7.75. The van der Waals surface area contributed by atoms with E-state index < -0.39 is 47.0 Å². The van der Waals surface area contributed by atoms with Crippen molar-refractivity contribution in [2.24, 2.45) is 0 Å². The molecule has 0 bridgehead atoms. The highest BCUT2D eigenvalue weighted by atomic mass is 32.2. The molecule has 1 N–H and O–H groups in total. The molecule has 0 heterocycles. The Labute approximate surface area is 189 Å². The first-order chi connectivity index (χ1) is 14.7. The summed E-state index contributed by atoms with van der Waals surface area (Å²) in [6, 6.07) is 8.60. The van der Waals surface area contributed by atoms with Gasteiger partial charge < -0.3 is 0 Å². The quantitative estimate of drug-likeness (QED) is 0.671. The fraction of sp³-hybridized carbons (Fsp3) is 0.478. The lowest BCUT2D eigenvalue weighted by Crippen LogP contribution is -2.49. The second-order valence-corrected chi connectivity index (χ2v) is 14.2. The smallest absolute Gasteiger partial charge is 0.216 e. The van der Waals surface area contributed by atoms with Crippen LogP contribution in [0.2, 0.25) is 0 Å². The Morgan fingerprint density at radius 1 is 0.938 bits per heavy atom. The van der Waals surface area contributed by atoms with Gasteiger partial charge in [0.25, 0.3) is 0 Å². The van der Waals surface area contributed by atoms with Crippen molar-refractivity contribution in [3.8, 4) is 0 Å². The van der Waals surface area contributed by atoms with E-state index in [1.54, 1.807) is 32.9 Å². The molecule has 1 aliphatic carbocycles. The van der Waals surface area contributed by atoms with Gasteiger partial charge in [0.1, 0.15) is 16.4 Å². The van der Waals surface area contributed by atoms with Crippen LogP contribution < -0.4 is 4.72 Å². The van der Waals surface area contributed by atoms with E-state index in [1.807, 2.05) is 6.92 Å². The zero-order valence-electron chi connectivity index (χ0n) is 18.7. The lowest BCUT2D eigenvalue weighted by Gasteiger charge is -2.40. The highest BCUT2D eigenvalue weighted by Gasteiger charge is 2.50. The Morgan fingerprint density at radius 3 is 2.03 bits per heavy atom. The Kier molecular flexibility index (Phi) is 6.59. The van der Waals surface area contributed by atoms with Crippen LogP contribution in [0.15, 0.2) is 47.4 Å². The van der Waals surface area contributed by atoms with Crippen LogP contribution in [-0.2, 0) is 24.6 Å². The van der Waals surface area contributed by atoms with Gasteiger partial charge in [0.15, 0.2) is 9.84 Å². The third-order valence-corrected chi connectivity index (χ3v) is 11.0. The van der Waals surface area contributed by atoms with Gasteiger partial charge in [-0.15, -0.1) is 0 Å². The van der Waals surface area contributed by atoms with Gasteiger partial charge in [-0.25, -0.2) is 30.3 Å². The van der Waals surface area contributed by atoms with Crippen LogP contribution in [0.4, 0.5) is 8.78 Å². The van der Waals surface area contributed by atoms with Gasteiger partial charge in [0.2, 0.25) is 10.0 Å². The van der Waals surface area contributed by atoms with Crippen molar-refractivity contribution in [3.63, 3.8) is 0 Å². The predicted octanol–water partition coefficient (Wildman–Crippen LogP) is 4.60. The van der Waals surface area contributed by atoms with Gasteiger partial charge in [-0.3, -0.25) is 0 Å². The molecular formula is C23H29F2NO4S2. The number of rotatable bonds is 5. The summed E-state index contributed by atoms with van der Waals surface area (Å²) >= 11 is 0. The Hall–Kier alpha value is -1.84. The van der Waals surface area contributed by atoms with Crippen molar-refractivity contribution in [2.45, 2.75) is 73.8 Å². The number of hydrogen-bond acceptors (Lipinski definition) is 4. The van der Waals surface area contributed by atoms with Gasteiger partial charge in [-0.05, 0) is 83.7 Å². The summed E-state index contributed by atoms with van der Waals surface area (Å²) in [5, 5.41) is 0. The molecule has 176 valence electrons. The minimum atomic E-state index is -4.11. The number of hydrogen-bond donors (Lipinski definition) is 1. The molecule has 0 aliphatic heterocycles. The largest absolute Gasteiger partial charge is 0.223 e. The maximum absolute atomic E-state index is 14.9. The summed E-state index contributed by atoms with van der Waals surface area (Å²) < 4.78 is 81.7. The molecule has 32 heavy (non-hydrogen) atoms. The molecule has 2 aromatic carbocycles. The van der Waals surface area contributed by atoms with Crippen LogP contribution in [0.25, 0.3) is 0 Å². The first kappa shape index (κ1) is 24.8. The number of aryl methyl sites for hydroxylation is 1. The number of sulfone groups is 1. The average molecular weight is 486 g/mol. The highest BCUT2D eigenvalue weighted by molar-refractivity contribution is 7.92. The van der Waals surface area contributed by atoms with Gasteiger partial charge in [-0.1, -0.05) is 17.7 Å². The van der Waals surface area contributed by atoms with Crippen molar-refractivity contribution >= 4 is 19.9 Å². The molecule has 1 fully saturated rings. The summed E-state index contributed by atoms with van der Waals surface area (Å²) in [6.07, 6.45) is 0.272. The highest BCUT2D eigenvalue weighted by Crippen LogP contribution is 2.48. The SMILES string of the molecule is Cc1ccc(S(=O)(=O)C2(c3cc(F)ccc3F)CCC(NS(=O)(=O)C(C)(C)C)CC2)cc1. The molecule has 1 saturated carbocycles. The monoisotopic (exact) mass is 485 g/mol. The van der Waals surface area contributed by atoms with Crippen LogP contribution in [-0.4, -0.2) is 27.6 Å². The summed E-state index contributed by atoms with van der Waals surface area (Å²) in [6.45, 7) is 6.55. The lowest BCUT2D eigenvalue weighted by atomic mass is 9.80. The average Bonchev–Trinajstić information content (AvgIpc) is 2.69. The minimum Gasteiger partial charge on any atom is -0.223 e. The van der Waals surface area contributed by atoms with Crippen molar-refractivity contribution in [3.05, 3.63) is 65.2 Å². The maximum Gasteiger partial charge on any atom is 0.216 e. The molecule has 3 rings (SSSR count). The van der Waals surface area contributed by atoms with Crippen LogP contribution in [0, 0.1) is 18.6 Å². The van der Waals surface area contributed by atoms with Crippen molar-refractivity contribution < 1.29 is 25.6 Å². The van der Waals surface area contributed by atoms with Crippen molar-refractivity contribution in [1.82, 2.24) is 4.72 Å². The zero-order chi connectivity index (χ0) is 23.9. The van der Waals surface area contributed by atoms with E-state index >= 15 is 0 Å². The molecule has 0 aromatic heterocycles. The molecule has 2 aromatic rings. The first-order valence-electron chi connectivity index (χ1n) is 10.5. The summed E-state index contributed by atoms with van der Waals surface area (Å²) in [5.41, 5.74) is 0.658. The fourth-order valence-corrected chi connectivity index (χ4v) is 7.26. The fourth-order valence-electron chi connectivity index (χ4n) is 4.07. The first-order valence-corrected chi connectivity index (χ1v) is 13.4. The molecule has 5 nitrogen and oxygen atoms in total. The molecule has 0 unspecified atom stereocenters. The van der Waals surface area contributed by atoms with E-state index in [1.165, 1.54) is 12.1 Å². The van der Waals surface area contributed by atoms with E-state index in [4.69, 9.17) is 0 Å². The predicted molar refractivity (Wildman–Crippen MR) is 120 cm³/mol. The third kappa shape index (κ3) is 4.47.